The van der Waals surface area contributed by atoms with Crippen molar-refractivity contribution < 1.29 is 9.32 Å². The predicted octanol–water partition coefficient (Wildman–Crippen LogP) is 4.57. The minimum Gasteiger partial charge on any atom is -0.340 e. The third-order valence-electron chi connectivity index (χ3n) is 4.21. The van der Waals surface area contributed by atoms with Gasteiger partial charge in [0.1, 0.15) is 6.04 Å². The molecule has 5 heteroatoms. The second-order valence-electron chi connectivity index (χ2n) is 6.80. The Morgan fingerprint density at radius 3 is 2.44 bits per heavy atom. The summed E-state index contributed by atoms with van der Waals surface area (Å²) in [6.45, 7) is 6.03. The lowest BCUT2D eigenvalue weighted by Gasteiger charge is -2.17. The molecule has 1 heterocycles. The molecule has 0 saturated heterocycles. The van der Waals surface area contributed by atoms with Gasteiger partial charge in [0, 0.05) is 11.6 Å². The number of hydrogen-bond donors (Lipinski definition) is 1. The minimum absolute atomic E-state index is 0.102. The molecular formula is C22H23N3O2. The van der Waals surface area contributed by atoms with Gasteiger partial charge in [0.25, 0.3) is 0 Å². The van der Waals surface area contributed by atoms with Gasteiger partial charge in [-0.3, -0.25) is 4.79 Å². The molecular weight excluding hydrogens is 338 g/mol. The van der Waals surface area contributed by atoms with Crippen molar-refractivity contribution in [1.82, 2.24) is 15.5 Å². The number of rotatable bonds is 6. The third kappa shape index (κ3) is 4.91. The van der Waals surface area contributed by atoms with Crippen LogP contribution in [-0.4, -0.2) is 16.0 Å². The monoisotopic (exact) mass is 361 g/mol. The number of carbonyl (C=O) groups is 1. The molecule has 0 bridgehead atoms. The van der Waals surface area contributed by atoms with Gasteiger partial charge in [0.15, 0.2) is 0 Å². The maximum atomic E-state index is 12.3. The second kappa shape index (κ2) is 8.45. The SMILES string of the molecule is Cc1ccc(-c2noc(C(NC(=O)C=Cc3ccccc3)C(C)C)n2)cc1. The molecule has 0 aliphatic rings. The summed E-state index contributed by atoms with van der Waals surface area (Å²) in [6, 6.07) is 17.2. The molecule has 3 aromatic rings. The Morgan fingerprint density at radius 1 is 1.07 bits per heavy atom. The molecule has 27 heavy (non-hydrogen) atoms. The van der Waals surface area contributed by atoms with Crippen LogP contribution in [-0.2, 0) is 4.79 Å². The molecule has 1 aromatic heterocycles. The van der Waals surface area contributed by atoms with Crippen LogP contribution in [0.1, 0.15) is 36.9 Å². The van der Waals surface area contributed by atoms with E-state index in [-0.39, 0.29) is 17.9 Å². The van der Waals surface area contributed by atoms with E-state index >= 15 is 0 Å². The topological polar surface area (TPSA) is 68.0 Å². The van der Waals surface area contributed by atoms with Crippen molar-refractivity contribution in [3.05, 3.63) is 77.7 Å². The van der Waals surface area contributed by atoms with Crippen LogP contribution in [0.3, 0.4) is 0 Å². The quantitative estimate of drug-likeness (QED) is 0.653. The first-order valence-electron chi connectivity index (χ1n) is 8.97. The summed E-state index contributed by atoms with van der Waals surface area (Å²) < 4.78 is 5.44. The maximum absolute atomic E-state index is 12.3. The highest BCUT2D eigenvalue weighted by Crippen LogP contribution is 2.23. The molecule has 1 amide bonds. The first-order valence-corrected chi connectivity index (χ1v) is 8.97. The summed E-state index contributed by atoms with van der Waals surface area (Å²) in [5.74, 6) is 0.824. The van der Waals surface area contributed by atoms with Crippen molar-refractivity contribution >= 4 is 12.0 Å². The van der Waals surface area contributed by atoms with Crippen molar-refractivity contribution in [2.75, 3.05) is 0 Å². The van der Waals surface area contributed by atoms with Crippen LogP contribution in [0.4, 0.5) is 0 Å². The van der Waals surface area contributed by atoms with E-state index in [4.69, 9.17) is 4.52 Å². The van der Waals surface area contributed by atoms with Crippen LogP contribution >= 0.6 is 0 Å². The molecule has 1 unspecified atom stereocenters. The minimum atomic E-state index is -0.357. The van der Waals surface area contributed by atoms with E-state index in [1.54, 1.807) is 6.08 Å². The number of aromatic nitrogens is 2. The Labute approximate surface area is 159 Å². The van der Waals surface area contributed by atoms with Gasteiger partial charge in [-0.25, -0.2) is 0 Å². The molecule has 3 rings (SSSR count). The van der Waals surface area contributed by atoms with Gasteiger partial charge in [-0.05, 0) is 24.5 Å². The molecule has 0 aliphatic carbocycles. The van der Waals surface area contributed by atoms with Crippen LogP contribution in [0.2, 0.25) is 0 Å². The fourth-order valence-corrected chi connectivity index (χ4v) is 2.63. The molecule has 0 saturated carbocycles. The highest BCUT2D eigenvalue weighted by Gasteiger charge is 2.24. The Balaban J connectivity index is 1.73. The largest absolute Gasteiger partial charge is 0.340 e. The lowest BCUT2D eigenvalue weighted by molar-refractivity contribution is -0.117. The zero-order valence-electron chi connectivity index (χ0n) is 15.7. The number of hydrogen-bond acceptors (Lipinski definition) is 4. The van der Waals surface area contributed by atoms with Crippen molar-refractivity contribution in [2.24, 2.45) is 5.92 Å². The van der Waals surface area contributed by atoms with Gasteiger partial charge in [-0.15, -0.1) is 0 Å². The van der Waals surface area contributed by atoms with Crippen LogP contribution < -0.4 is 5.32 Å². The highest BCUT2D eigenvalue weighted by atomic mass is 16.5. The molecule has 5 nitrogen and oxygen atoms in total. The molecule has 0 fully saturated rings. The summed E-state index contributed by atoms with van der Waals surface area (Å²) in [5, 5.41) is 7.02. The average Bonchev–Trinajstić information content (AvgIpc) is 3.15. The highest BCUT2D eigenvalue weighted by molar-refractivity contribution is 5.91. The molecule has 1 atom stereocenters. The van der Waals surface area contributed by atoms with Gasteiger partial charge in [-0.1, -0.05) is 79.2 Å². The van der Waals surface area contributed by atoms with Crippen LogP contribution in [0.15, 0.2) is 65.2 Å². The standard InChI is InChI=1S/C22H23N3O2/c1-15(2)20(23-19(26)14-11-17-7-5-4-6-8-17)22-24-21(25-27-22)18-12-9-16(3)10-13-18/h4-15,20H,1-3H3,(H,23,26). The number of aryl methyl sites for hydroxylation is 1. The molecule has 1 N–H and O–H groups in total. The fraction of sp³-hybridized carbons (Fsp3) is 0.227. The van der Waals surface area contributed by atoms with Crippen molar-refractivity contribution in [2.45, 2.75) is 26.8 Å². The Hall–Kier alpha value is -3.21. The van der Waals surface area contributed by atoms with Crippen molar-refractivity contribution in [3.63, 3.8) is 0 Å². The molecule has 2 aromatic carbocycles. The van der Waals surface area contributed by atoms with E-state index in [2.05, 4.69) is 15.5 Å². The van der Waals surface area contributed by atoms with Gasteiger partial charge in [0.2, 0.25) is 17.6 Å². The fourth-order valence-electron chi connectivity index (χ4n) is 2.63. The summed E-state index contributed by atoms with van der Waals surface area (Å²) in [6.07, 6.45) is 3.29. The molecule has 138 valence electrons. The molecule has 0 radical (unpaired) electrons. The van der Waals surface area contributed by atoms with Crippen molar-refractivity contribution in [3.8, 4) is 11.4 Å². The summed E-state index contributed by atoms with van der Waals surface area (Å²) >= 11 is 0. The number of amides is 1. The van der Waals surface area contributed by atoms with Crippen LogP contribution in [0.25, 0.3) is 17.5 Å². The van der Waals surface area contributed by atoms with E-state index in [0.717, 1.165) is 11.1 Å². The van der Waals surface area contributed by atoms with E-state index in [9.17, 15) is 4.79 Å². The Morgan fingerprint density at radius 2 is 1.78 bits per heavy atom. The first kappa shape index (κ1) is 18.6. The van der Waals surface area contributed by atoms with E-state index < -0.39 is 0 Å². The van der Waals surface area contributed by atoms with E-state index in [1.807, 2.05) is 75.4 Å². The second-order valence-corrected chi connectivity index (χ2v) is 6.80. The first-order chi connectivity index (χ1) is 13.0. The van der Waals surface area contributed by atoms with Crippen LogP contribution in [0, 0.1) is 12.8 Å². The maximum Gasteiger partial charge on any atom is 0.249 e. The smallest absolute Gasteiger partial charge is 0.249 e. The lowest BCUT2D eigenvalue weighted by Crippen LogP contribution is -2.30. The molecule has 0 aliphatic heterocycles. The zero-order chi connectivity index (χ0) is 19.2. The van der Waals surface area contributed by atoms with Crippen molar-refractivity contribution in [1.29, 1.82) is 0 Å². The van der Waals surface area contributed by atoms with E-state index in [0.29, 0.717) is 11.7 Å². The third-order valence-corrected chi connectivity index (χ3v) is 4.21. The Bertz CT molecular complexity index is 912. The zero-order valence-corrected chi connectivity index (χ0v) is 15.7. The number of nitrogens with zero attached hydrogens (tertiary/aromatic N) is 2. The number of nitrogens with one attached hydrogen (secondary N) is 1. The van der Waals surface area contributed by atoms with Gasteiger partial charge in [-0.2, -0.15) is 4.98 Å². The number of carbonyl (C=O) groups excluding carboxylic acids is 1. The summed E-state index contributed by atoms with van der Waals surface area (Å²) in [5.41, 5.74) is 3.02. The predicted molar refractivity (Wildman–Crippen MR) is 106 cm³/mol. The normalized spacial score (nSPS) is 12.4. The van der Waals surface area contributed by atoms with Gasteiger partial charge >= 0.3 is 0 Å². The average molecular weight is 361 g/mol. The lowest BCUT2D eigenvalue weighted by atomic mass is 10.0. The Kier molecular flexibility index (Phi) is 5.81. The summed E-state index contributed by atoms with van der Waals surface area (Å²) in [4.78, 5) is 16.8. The van der Waals surface area contributed by atoms with Gasteiger partial charge in [0.05, 0.1) is 0 Å². The van der Waals surface area contributed by atoms with Crippen LogP contribution in [0.5, 0.6) is 0 Å². The van der Waals surface area contributed by atoms with Gasteiger partial charge < -0.3 is 9.84 Å². The number of benzene rings is 2. The molecule has 0 spiro atoms. The summed E-state index contributed by atoms with van der Waals surface area (Å²) in [7, 11) is 0. The van der Waals surface area contributed by atoms with E-state index in [1.165, 1.54) is 11.6 Å².